The molecule has 0 aliphatic heterocycles. The molecule has 0 radical (unpaired) electrons. The maximum absolute atomic E-state index is 13.3. The minimum absolute atomic E-state index is 0.0688. The highest BCUT2D eigenvalue weighted by atomic mass is 16.5. The van der Waals surface area contributed by atoms with Crippen molar-refractivity contribution in [3.8, 4) is 0 Å². The van der Waals surface area contributed by atoms with E-state index in [1.165, 1.54) is 5.56 Å². The summed E-state index contributed by atoms with van der Waals surface area (Å²) in [6.07, 6.45) is 4.29. The van der Waals surface area contributed by atoms with E-state index >= 15 is 0 Å². The Morgan fingerprint density at radius 1 is 1.02 bits per heavy atom. The number of carboxylic acid groups (broad SMARTS) is 1. The number of aliphatic carboxylic acids is 1. The number of aryl methyl sites for hydroxylation is 1. The van der Waals surface area contributed by atoms with Crippen LogP contribution in [0.25, 0.3) is 0 Å². The van der Waals surface area contributed by atoms with E-state index in [0.29, 0.717) is 16.9 Å². The summed E-state index contributed by atoms with van der Waals surface area (Å²) in [6.45, 7) is 5.26. The van der Waals surface area contributed by atoms with Gasteiger partial charge in [0, 0.05) is 23.2 Å². The Morgan fingerprint density at radius 3 is 2.41 bits per heavy atom. The van der Waals surface area contributed by atoms with Crippen molar-refractivity contribution in [2.24, 2.45) is 23.0 Å². The van der Waals surface area contributed by atoms with E-state index in [0.717, 1.165) is 44.0 Å². The molecule has 0 saturated heterocycles. The molecule has 4 rings (SSSR count). The Balaban J connectivity index is 1.31. The van der Waals surface area contributed by atoms with Crippen LogP contribution in [-0.2, 0) is 41.7 Å². The quantitative estimate of drug-likeness (QED) is 0.160. The van der Waals surface area contributed by atoms with Crippen molar-refractivity contribution in [3.05, 3.63) is 59.2 Å². The van der Waals surface area contributed by atoms with Gasteiger partial charge in [0.15, 0.2) is 0 Å². The molecule has 2 aromatic rings. The average molecular weight is 678 g/mol. The zero-order valence-corrected chi connectivity index (χ0v) is 28.3. The van der Waals surface area contributed by atoms with Crippen molar-refractivity contribution in [3.63, 3.8) is 0 Å². The van der Waals surface area contributed by atoms with E-state index in [9.17, 15) is 33.9 Å². The number of anilines is 2. The first-order chi connectivity index (χ1) is 23.3. The second-order valence-corrected chi connectivity index (χ2v) is 13.6. The van der Waals surface area contributed by atoms with E-state index < -0.39 is 41.9 Å². The highest BCUT2D eigenvalue weighted by Crippen LogP contribution is 2.53. The maximum atomic E-state index is 13.3. The number of nitrogens with two attached hydrogens (primary N) is 1. The van der Waals surface area contributed by atoms with Crippen molar-refractivity contribution < 1.29 is 38.6 Å². The predicted molar refractivity (Wildman–Crippen MR) is 183 cm³/mol. The average Bonchev–Trinajstić information content (AvgIpc) is 3.08. The number of carbonyl (C=O) groups is 6. The highest BCUT2D eigenvalue weighted by Gasteiger charge is 2.44. The Morgan fingerprint density at radius 2 is 1.73 bits per heavy atom. The second-order valence-electron chi connectivity index (χ2n) is 13.6. The second kappa shape index (κ2) is 16.6. The van der Waals surface area contributed by atoms with Crippen LogP contribution in [0.1, 0.15) is 81.9 Å². The summed E-state index contributed by atoms with van der Waals surface area (Å²) in [5.74, 6) is -2.16. The molecule has 264 valence electrons. The molecule has 5 atom stereocenters. The minimum atomic E-state index is -1.17. The summed E-state index contributed by atoms with van der Waals surface area (Å²) in [4.78, 5) is 73.5. The van der Waals surface area contributed by atoms with Gasteiger partial charge in [-0.2, -0.15) is 0 Å². The first-order valence-corrected chi connectivity index (χ1v) is 16.8. The number of fused-ring (bicyclic) bond motifs is 3. The predicted octanol–water partition coefficient (Wildman–Crippen LogP) is 3.86. The molecule has 2 aliphatic rings. The van der Waals surface area contributed by atoms with Gasteiger partial charge < -0.3 is 41.6 Å². The normalized spacial score (nSPS) is 20.8. The van der Waals surface area contributed by atoms with Crippen LogP contribution >= 0.6 is 0 Å². The van der Waals surface area contributed by atoms with Crippen molar-refractivity contribution in [1.82, 2.24) is 10.6 Å². The van der Waals surface area contributed by atoms with Gasteiger partial charge in [-0.25, -0.2) is 4.79 Å². The van der Waals surface area contributed by atoms with Gasteiger partial charge in [0.25, 0.3) is 0 Å². The first kappa shape index (κ1) is 37.0. The standard InChI is InChI=1S/C36H47N5O8/c1-21(2)32(37)34(47)38-18-30(43)39-24-10-6-22(7-11-24)19-49-35(48)41-29(14-15-31(44)45)33(46)40-25-12-8-23-9-13-28-26(27(23)17-25)5-4-16-36(28,3)20-42/h6-8,10-12,17,20-21,26,28-29,32H,4-5,9,13-16,18-19,37H2,1-3H3,(H,38,47)(H,39,43)(H,40,46)(H,41,48)(H,44,45). The number of hydrogen-bond donors (Lipinski definition) is 6. The van der Waals surface area contributed by atoms with Gasteiger partial charge in [-0.1, -0.05) is 45.4 Å². The molecular weight excluding hydrogens is 630 g/mol. The zero-order chi connectivity index (χ0) is 35.7. The van der Waals surface area contributed by atoms with E-state index in [-0.39, 0.29) is 49.2 Å². The molecule has 0 aromatic heterocycles. The van der Waals surface area contributed by atoms with Crippen LogP contribution in [-0.4, -0.2) is 59.8 Å². The van der Waals surface area contributed by atoms with E-state index in [4.69, 9.17) is 10.5 Å². The number of carbonyl (C=O) groups excluding carboxylic acids is 5. The lowest BCUT2D eigenvalue weighted by molar-refractivity contribution is -0.137. The smallest absolute Gasteiger partial charge is 0.408 e. The lowest BCUT2D eigenvalue weighted by atomic mass is 9.57. The van der Waals surface area contributed by atoms with Gasteiger partial charge in [-0.3, -0.25) is 19.2 Å². The first-order valence-electron chi connectivity index (χ1n) is 16.8. The molecule has 49 heavy (non-hydrogen) atoms. The van der Waals surface area contributed by atoms with Crippen molar-refractivity contribution >= 4 is 47.4 Å². The van der Waals surface area contributed by atoms with Crippen LogP contribution in [0.2, 0.25) is 0 Å². The lowest BCUT2D eigenvalue weighted by Gasteiger charge is -2.46. The molecule has 0 bridgehead atoms. The van der Waals surface area contributed by atoms with Gasteiger partial charge in [0.05, 0.1) is 12.6 Å². The van der Waals surface area contributed by atoms with Crippen LogP contribution < -0.4 is 27.0 Å². The number of carboxylic acids is 1. The number of alkyl carbamates (subject to hydrolysis) is 1. The zero-order valence-electron chi connectivity index (χ0n) is 28.3. The van der Waals surface area contributed by atoms with Crippen molar-refractivity contribution in [1.29, 1.82) is 0 Å². The largest absolute Gasteiger partial charge is 0.481 e. The number of benzene rings is 2. The third kappa shape index (κ3) is 9.88. The molecular formula is C36H47N5O8. The fourth-order valence-electron chi connectivity index (χ4n) is 6.73. The third-order valence-corrected chi connectivity index (χ3v) is 9.68. The molecule has 5 unspecified atom stereocenters. The van der Waals surface area contributed by atoms with Gasteiger partial charge in [-0.05, 0) is 90.8 Å². The summed E-state index contributed by atoms with van der Waals surface area (Å²) >= 11 is 0. The molecule has 0 heterocycles. The number of hydrogen-bond acceptors (Lipinski definition) is 8. The summed E-state index contributed by atoms with van der Waals surface area (Å²) < 4.78 is 5.30. The minimum Gasteiger partial charge on any atom is -0.481 e. The Kier molecular flexibility index (Phi) is 12.5. The number of nitrogens with one attached hydrogen (secondary N) is 4. The molecule has 7 N–H and O–H groups in total. The van der Waals surface area contributed by atoms with Crippen LogP contribution in [0, 0.1) is 17.3 Å². The molecule has 2 aromatic carbocycles. The van der Waals surface area contributed by atoms with Gasteiger partial charge in [0.2, 0.25) is 17.7 Å². The summed E-state index contributed by atoms with van der Waals surface area (Å²) in [5.41, 5.74) is 9.32. The van der Waals surface area contributed by atoms with Crippen LogP contribution in [0.3, 0.4) is 0 Å². The molecule has 13 heteroatoms. The fourth-order valence-corrected chi connectivity index (χ4v) is 6.73. The van der Waals surface area contributed by atoms with Gasteiger partial charge in [-0.15, -0.1) is 0 Å². The Labute approximate surface area is 286 Å². The van der Waals surface area contributed by atoms with E-state index in [2.05, 4.69) is 21.3 Å². The van der Waals surface area contributed by atoms with Crippen molar-refractivity contribution in [2.45, 2.75) is 90.3 Å². The fraction of sp³-hybridized carbons (Fsp3) is 0.500. The van der Waals surface area contributed by atoms with Crippen LogP contribution in [0.4, 0.5) is 16.2 Å². The number of aldehydes is 1. The van der Waals surface area contributed by atoms with Crippen molar-refractivity contribution in [2.75, 3.05) is 17.2 Å². The molecule has 2 aliphatic carbocycles. The summed E-state index contributed by atoms with van der Waals surface area (Å²) in [5, 5.41) is 19.7. The summed E-state index contributed by atoms with van der Waals surface area (Å²) in [7, 11) is 0. The Hall–Kier alpha value is -4.78. The Bertz CT molecular complexity index is 1540. The molecule has 0 spiro atoms. The number of amides is 4. The van der Waals surface area contributed by atoms with Gasteiger partial charge >= 0.3 is 12.1 Å². The maximum Gasteiger partial charge on any atom is 0.408 e. The van der Waals surface area contributed by atoms with Crippen LogP contribution in [0.5, 0.6) is 0 Å². The number of ether oxygens (including phenoxy) is 1. The van der Waals surface area contributed by atoms with Gasteiger partial charge in [0.1, 0.15) is 18.9 Å². The molecule has 13 nitrogen and oxygen atoms in total. The van der Waals surface area contributed by atoms with Crippen LogP contribution in [0.15, 0.2) is 42.5 Å². The van der Waals surface area contributed by atoms with E-state index in [1.54, 1.807) is 30.3 Å². The summed E-state index contributed by atoms with van der Waals surface area (Å²) in [6, 6.07) is 10.3. The highest BCUT2D eigenvalue weighted by molar-refractivity contribution is 5.97. The third-order valence-electron chi connectivity index (χ3n) is 9.68. The van der Waals surface area contributed by atoms with E-state index in [1.807, 2.05) is 32.9 Å². The molecule has 4 amide bonds. The lowest BCUT2D eigenvalue weighted by Crippen LogP contribution is -2.46. The molecule has 1 saturated carbocycles. The number of rotatable bonds is 14. The molecule has 1 fully saturated rings. The topological polar surface area (TPSA) is 206 Å². The SMILES string of the molecule is CC(C)C(N)C(=O)NCC(=O)Nc1ccc(COC(=O)NC(CCC(=O)O)C(=O)Nc2ccc3c(c2)C2CCCC(C)(C=O)C2CC3)cc1. The monoisotopic (exact) mass is 677 g/mol.